The molecule has 2 N–H and O–H groups in total. The lowest BCUT2D eigenvalue weighted by atomic mass is 10.1. The highest BCUT2D eigenvalue weighted by molar-refractivity contribution is 6.27. The van der Waals surface area contributed by atoms with E-state index in [-0.39, 0.29) is 11.5 Å². The number of carboxylic acids is 2. The zero-order chi connectivity index (χ0) is 22.1. The van der Waals surface area contributed by atoms with Crippen molar-refractivity contribution in [3.05, 3.63) is 65.5 Å². The third-order valence-electron chi connectivity index (χ3n) is 4.49. The lowest BCUT2D eigenvalue weighted by Crippen LogP contribution is -2.48. The molecule has 30 heavy (non-hydrogen) atoms. The van der Waals surface area contributed by atoms with Gasteiger partial charge >= 0.3 is 11.9 Å². The Labute approximate surface area is 173 Å². The van der Waals surface area contributed by atoms with Gasteiger partial charge in [-0.25, -0.2) is 14.0 Å². The van der Waals surface area contributed by atoms with Crippen molar-refractivity contribution in [1.29, 1.82) is 0 Å². The molecular weight excluding hydrogens is 395 g/mol. The number of carbonyl (C=O) groups is 3. The molecule has 0 atom stereocenters. The van der Waals surface area contributed by atoms with Crippen molar-refractivity contribution in [2.75, 3.05) is 33.3 Å². The van der Waals surface area contributed by atoms with Crippen LogP contribution >= 0.6 is 0 Å². The van der Waals surface area contributed by atoms with Crippen molar-refractivity contribution in [1.82, 2.24) is 9.80 Å². The number of halogens is 1. The molecule has 0 aliphatic carbocycles. The van der Waals surface area contributed by atoms with Crippen LogP contribution in [-0.4, -0.2) is 71.1 Å². The maximum absolute atomic E-state index is 13.8. The number of carbonyl (C=O) groups excluding carboxylic acids is 1. The summed E-state index contributed by atoms with van der Waals surface area (Å²) in [7, 11) is 1.66. The van der Waals surface area contributed by atoms with Crippen LogP contribution in [0, 0.1) is 5.82 Å². The summed E-state index contributed by atoms with van der Waals surface area (Å²) in [6.45, 7) is 3.59. The summed E-state index contributed by atoms with van der Waals surface area (Å²) in [6.07, 6.45) is 0. The van der Waals surface area contributed by atoms with Gasteiger partial charge in [0.2, 0.25) is 0 Å². The normalized spacial score (nSPS) is 13.7. The Morgan fingerprint density at radius 2 is 1.60 bits per heavy atom. The van der Waals surface area contributed by atoms with Crippen LogP contribution in [0.1, 0.15) is 15.9 Å². The molecule has 0 bridgehead atoms. The lowest BCUT2D eigenvalue weighted by Gasteiger charge is -2.34. The molecule has 1 aliphatic heterocycles. The highest BCUT2D eigenvalue weighted by Gasteiger charge is 2.23. The fourth-order valence-electron chi connectivity index (χ4n) is 2.94. The van der Waals surface area contributed by atoms with Gasteiger partial charge in [-0.1, -0.05) is 24.3 Å². The maximum atomic E-state index is 13.8. The molecule has 1 fully saturated rings. The number of hydrogen-bond donors (Lipinski definition) is 2. The van der Waals surface area contributed by atoms with Gasteiger partial charge in [0.25, 0.3) is 5.91 Å². The van der Waals surface area contributed by atoms with Gasteiger partial charge in [-0.2, -0.15) is 0 Å². The molecule has 8 nitrogen and oxygen atoms in total. The number of nitrogens with zero attached hydrogens (tertiary/aromatic N) is 2. The number of rotatable bonds is 4. The molecule has 0 aromatic heterocycles. The Morgan fingerprint density at radius 1 is 0.967 bits per heavy atom. The van der Waals surface area contributed by atoms with Gasteiger partial charge in [-0.05, 0) is 29.8 Å². The van der Waals surface area contributed by atoms with Crippen LogP contribution in [0.5, 0.6) is 5.75 Å². The average Bonchev–Trinajstić information content (AvgIpc) is 2.74. The number of ether oxygens (including phenoxy) is 1. The molecule has 1 heterocycles. The van der Waals surface area contributed by atoms with Gasteiger partial charge in [0.15, 0.2) is 0 Å². The first kappa shape index (κ1) is 22.8. The van der Waals surface area contributed by atoms with Gasteiger partial charge in [-0.15, -0.1) is 0 Å². The minimum Gasteiger partial charge on any atom is -0.497 e. The molecule has 9 heteroatoms. The second-order valence-corrected chi connectivity index (χ2v) is 6.51. The van der Waals surface area contributed by atoms with E-state index in [1.165, 1.54) is 11.6 Å². The third-order valence-corrected chi connectivity index (χ3v) is 4.49. The van der Waals surface area contributed by atoms with Crippen LogP contribution in [0.3, 0.4) is 0 Å². The van der Waals surface area contributed by atoms with E-state index in [1.807, 2.05) is 18.2 Å². The minimum atomic E-state index is -1.82. The maximum Gasteiger partial charge on any atom is 0.414 e. The van der Waals surface area contributed by atoms with Crippen molar-refractivity contribution in [3.8, 4) is 5.75 Å². The second-order valence-electron chi connectivity index (χ2n) is 6.51. The smallest absolute Gasteiger partial charge is 0.414 e. The Balaban J connectivity index is 0.000000469. The fraction of sp³-hybridized carbons (Fsp3) is 0.286. The van der Waals surface area contributed by atoms with E-state index in [0.717, 1.165) is 25.4 Å². The summed E-state index contributed by atoms with van der Waals surface area (Å²) < 4.78 is 19.0. The molecular formula is C21H23FN2O6. The van der Waals surface area contributed by atoms with Crippen molar-refractivity contribution >= 4 is 17.8 Å². The quantitative estimate of drug-likeness (QED) is 0.731. The summed E-state index contributed by atoms with van der Waals surface area (Å²) in [5, 5.41) is 14.8. The zero-order valence-corrected chi connectivity index (χ0v) is 16.5. The molecule has 3 rings (SSSR count). The number of aliphatic carboxylic acids is 2. The predicted molar refractivity (Wildman–Crippen MR) is 106 cm³/mol. The number of carboxylic acid groups (broad SMARTS) is 2. The summed E-state index contributed by atoms with van der Waals surface area (Å²) in [6, 6.07) is 14.1. The highest BCUT2D eigenvalue weighted by Crippen LogP contribution is 2.17. The first-order valence-electron chi connectivity index (χ1n) is 9.17. The van der Waals surface area contributed by atoms with Crippen molar-refractivity contribution in [3.63, 3.8) is 0 Å². The first-order valence-corrected chi connectivity index (χ1v) is 9.17. The van der Waals surface area contributed by atoms with E-state index in [1.54, 1.807) is 30.2 Å². The lowest BCUT2D eigenvalue weighted by molar-refractivity contribution is -0.159. The van der Waals surface area contributed by atoms with Gasteiger partial charge < -0.3 is 19.8 Å². The molecule has 1 saturated heterocycles. The van der Waals surface area contributed by atoms with E-state index in [0.29, 0.717) is 13.1 Å². The Hall–Kier alpha value is -3.46. The van der Waals surface area contributed by atoms with Crippen LogP contribution in [0.25, 0.3) is 0 Å². The highest BCUT2D eigenvalue weighted by atomic mass is 19.1. The molecule has 0 unspecified atom stereocenters. The molecule has 2 aromatic rings. The molecule has 2 aromatic carbocycles. The molecule has 1 amide bonds. The molecule has 160 valence electrons. The van der Waals surface area contributed by atoms with Crippen molar-refractivity contribution in [2.24, 2.45) is 0 Å². The van der Waals surface area contributed by atoms with Crippen LogP contribution in [0.15, 0.2) is 48.5 Å². The van der Waals surface area contributed by atoms with Gasteiger partial charge in [0.1, 0.15) is 11.6 Å². The summed E-state index contributed by atoms with van der Waals surface area (Å²) in [5.74, 6) is -3.48. The van der Waals surface area contributed by atoms with E-state index >= 15 is 0 Å². The van der Waals surface area contributed by atoms with Gasteiger partial charge in [0, 0.05) is 32.7 Å². The van der Waals surface area contributed by atoms with E-state index in [9.17, 15) is 9.18 Å². The topological polar surface area (TPSA) is 107 Å². The van der Waals surface area contributed by atoms with Crippen LogP contribution in [0.4, 0.5) is 4.39 Å². The number of benzene rings is 2. The Bertz CT molecular complexity index is 885. The van der Waals surface area contributed by atoms with Crippen LogP contribution in [0.2, 0.25) is 0 Å². The summed E-state index contributed by atoms with van der Waals surface area (Å²) in [5.41, 5.74) is 1.34. The van der Waals surface area contributed by atoms with E-state index in [4.69, 9.17) is 24.5 Å². The number of methoxy groups -OCH3 is 1. The van der Waals surface area contributed by atoms with Crippen molar-refractivity contribution in [2.45, 2.75) is 6.54 Å². The van der Waals surface area contributed by atoms with E-state index in [2.05, 4.69) is 11.0 Å². The summed E-state index contributed by atoms with van der Waals surface area (Å²) in [4.78, 5) is 34.6. The van der Waals surface area contributed by atoms with Gasteiger partial charge in [0.05, 0.1) is 12.7 Å². The number of piperazine rings is 1. The summed E-state index contributed by atoms with van der Waals surface area (Å²) >= 11 is 0. The number of amides is 1. The SMILES string of the molecule is COc1cccc(CN2CCN(C(=O)c3ccccc3F)CC2)c1.O=C(O)C(=O)O. The second kappa shape index (κ2) is 10.9. The standard InChI is InChI=1S/C19H21FN2O2.C2H2O4/c1-24-16-6-4-5-15(13-16)14-21-9-11-22(12-10-21)19(23)17-7-2-3-8-18(17)20;3-1(4)2(5)6/h2-8,13H,9-12,14H2,1H3;(H,3,4)(H,5,6). The Kier molecular flexibility index (Phi) is 8.30. The monoisotopic (exact) mass is 418 g/mol. The largest absolute Gasteiger partial charge is 0.497 e. The van der Waals surface area contributed by atoms with Gasteiger partial charge in [-0.3, -0.25) is 9.69 Å². The van der Waals surface area contributed by atoms with E-state index < -0.39 is 17.8 Å². The fourth-order valence-corrected chi connectivity index (χ4v) is 2.94. The molecule has 0 spiro atoms. The minimum absolute atomic E-state index is 0.152. The molecule has 1 aliphatic rings. The number of hydrogen-bond acceptors (Lipinski definition) is 5. The van der Waals surface area contributed by atoms with Crippen LogP contribution < -0.4 is 4.74 Å². The molecule has 0 radical (unpaired) electrons. The predicted octanol–water partition coefficient (Wildman–Crippen LogP) is 1.95. The molecule has 0 saturated carbocycles. The zero-order valence-electron chi connectivity index (χ0n) is 16.5. The van der Waals surface area contributed by atoms with Crippen molar-refractivity contribution < 1.29 is 33.7 Å². The average molecular weight is 418 g/mol. The third kappa shape index (κ3) is 6.56. The van der Waals surface area contributed by atoms with Crippen LogP contribution in [-0.2, 0) is 16.1 Å². The Morgan fingerprint density at radius 3 is 2.17 bits per heavy atom. The first-order chi connectivity index (χ1) is 14.3.